The topological polar surface area (TPSA) is 63.2 Å². The molecule has 0 radical (unpaired) electrons. The zero-order chi connectivity index (χ0) is 13.9. The summed E-state index contributed by atoms with van der Waals surface area (Å²) in [6.45, 7) is 0. The van der Waals surface area contributed by atoms with Gasteiger partial charge < -0.3 is 5.32 Å². The predicted octanol–water partition coefficient (Wildman–Crippen LogP) is 1.73. The molecule has 104 valence electrons. The Kier molecular flexibility index (Phi) is 4.47. The zero-order valence-corrected chi connectivity index (χ0v) is 12.0. The van der Waals surface area contributed by atoms with Gasteiger partial charge in [0.05, 0.1) is 11.5 Å². The van der Waals surface area contributed by atoms with E-state index >= 15 is 0 Å². The summed E-state index contributed by atoms with van der Waals surface area (Å²) in [5, 5.41) is 2.87. The van der Waals surface area contributed by atoms with Crippen molar-refractivity contribution in [3.63, 3.8) is 0 Å². The summed E-state index contributed by atoms with van der Waals surface area (Å²) in [6.07, 6.45) is 0.988. The molecule has 4 nitrogen and oxygen atoms in total. The lowest BCUT2D eigenvalue weighted by molar-refractivity contribution is 0.0934. The summed E-state index contributed by atoms with van der Waals surface area (Å²) in [6, 6.07) is 7.03. The second-order valence-corrected chi connectivity index (χ2v) is 7.30. The van der Waals surface area contributed by atoms with E-state index in [2.05, 4.69) is 5.32 Å². The number of carbonyl (C=O) groups excluding carboxylic acids is 1. The van der Waals surface area contributed by atoms with Gasteiger partial charge in [-0.1, -0.05) is 12.1 Å². The Bertz CT molecular complexity index is 540. The fourth-order valence-corrected chi connectivity index (χ4v) is 3.72. The fourth-order valence-electron chi connectivity index (χ4n) is 2.05. The molecule has 19 heavy (non-hydrogen) atoms. The molecule has 0 bridgehead atoms. The molecule has 2 rings (SSSR count). The van der Waals surface area contributed by atoms with Crippen molar-refractivity contribution in [2.24, 2.45) is 0 Å². The molecule has 1 saturated heterocycles. The van der Waals surface area contributed by atoms with Gasteiger partial charge in [-0.15, -0.1) is 11.6 Å². The molecule has 1 fully saturated rings. The number of alkyl halides is 1. The van der Waals surface area contributed by atoms with Crippen LogP contribution in [0, 0.1) is 0 Å². The summed E-state index contributed by atoms with van der Waals surface area (Å²) in [7, 11) is -2.89. The zero-order valence-electron chi connectivity index (χ0n) is 10.4. The van der Waals surface area contributed by atoms with Crippen molar-refractivity contribution < 1.29 is 13.2 Å². The first kappa shape index (κ1) is 14.3. The molecule has 1 heterocycles. The minimum absolute atomic E-state index is 0.0521. The highest BCUT2D eigenvalue weighted by Gasteiger charge is 2.24. The molecule has 1 N–H and O–H groups in total. The third-order valence-corrected chi connectivity index (χ3v) is 5.28. The van der Waals surface area contributed by atoms with E-state index in [9.17, 15) is 13.2 Å². The Morgan fingerprint density at radius 3 is 2.32 bits per heavy atom. The van der Waals surface area contributed by atoms with Crippen molar-refractivity contribution in [2.75, 3.05) is 11.5 Å². The van der Waals surface area contributed by atoms with E-state index in [1.807, 2.05) is 12.1 Å². The van der Waals surface area contributed by atoms with Crippen molar-refractivity contribution >= 4 is 27.3 Å². The van der Waals surface area contributed by atoms with Gasteiger partial charge in [0, 0.05) is 17.5 Å². The van der Waals surface area contributed by atoms with Gasteiger partial charge in [0.15, 0.2) is 0 Å². The smallest absolute Gasteiger partial charge is 0.251 e. The van der Waals surface area contributed by atoms with Gasteiger partial charge in [-0.05, 0) is 30.5 Å². The quantitative estimate of drug-likeness (QED) is 0.865. The number of halogens is 1. The van der Waals surface area contributed by atoms with Gasteiger partial charge in [0.2, 0.25) is 0 Å². The third-order valence-electron chi connectivity index (χ3n) is 3.26. The highest BCUT2D eigenvalue weighted by molar-refractivity contribution is 7.91. The maximum atomic E-state index is 12.0. The second kappa shape index (κ2) is 5.92. The summed E-state index contributed by atoms with van der Waals surface area (Å²) in [4.78, 5) is 12.0. The molecule has 6 heteroatoms. The first-order chi connectivity index (χ1) is 9.00. The average Bonchev–Trinajstić information content (AvgIpc) is 2.41. The van der Waals surface area contributed by atoms with Crippen LogP contribution < -0.4 is 5.32 Å². The van der Waals surface area contributed by atoms with Crippen LogP contribution in [0.15, 0.2) is 24.3 Å². The molecule has 1 aliphatic rings. The van der Waals surface area contributed by atoms with E-state index in [4.69, 9.17) is 11.6 Å². The summed E-state index contributed by atoms with van der Waals surface area (Å²) < 4.78 is 22.6. The van der Waals surface area contributed by atoms with Crippen LogP contribution >= 0.6 is 11.6 Å². The van der Waals surface area contributed by atoms with Gasteiger partial charge in [-0.3, -0.25) is 4.79 Å². The van der Waals surface area contributed by atoms with E-state index in [0.29, 0.717) is 24.3 Å². The maximum absolute atomic E-state index is 12.0. The maximum Gasteiger partial charge on any atom is 0.251 e. The van der Waals surface area contributed by atoms with E-state index < -0.39 is 9.84 Å². The van der Waals surface area contributed by atoms with Gasteiger partial charge in [-0.2, -0.15) is 0 Å². The van der Waals surface area contributed by atoms with E-state index in [-0.39, 0.29) is 23.5 Å². The number of rotatable bonds is 3. The molecule has 0 unspecified atom stereocenters. The van der Waals surface area contributed by atoms with Crippen molar-refractivity contribution in [3.05, 3.63) is 35.4 Å². The average molecular weight is 302 g/mol. The minimum atomic E-state index is -2.89. The van der Waals surface area contributed by atoms with E-state index in [0.717, 1.165) is 5.56 Å². The monoisotopic (exact) mass is 301 g/mol. The highest BCUT2D eigenvalue weighted by atomic mass is 35.5. The van der Waals surface area contributed by atoms with Gasteiger partial charge in [-0.25, -0.2) is 8.42 Å². The number of nitrogens with one attached hydrogen (secondary N) is 1. The van der Waals surface area contributed by atoms with E-state index in [1.54, 1.807) is 12.1 Å². The largest absolute Gasteiger partial charge is 0.349 e. The molecule has 0 atom stereocenters. The number of sulfone groups is 1. The Balaban J connectivity index is 1.94. The number of hydrogen-bond acceptors (Lipinski definition) is 3. The molecule has 1 aromatic rings. The molecule has 0 spiro atoms. The van der Waals surface area contributed by atoms with Crippen molar-refractivity contribution in [1.82, 2.24) is 5.32 Å². The van der Waals surface area contributed by atoms with Crippen LogP contribution in [0.5, 0.6) is 0 Å². The SMILES string of the molecule is O=C(NC1CCS(=O)(=O)CC1)c1ccc(CCl)cc1. The van der Waals surface area contributed by atoms with Crippen LogP contribution in [0.3, 0.4) is 0 Å². The first-order valence-corrected chi connectivity index (χ1v) is 8.52. The van der Waals surface area contributed by atoms with E-state index in [1.165, 1.54) is 0 Å². The Morgan fingerprint density at radius 2 is 1.79 bits per heavy atom. The molecule has 0 aliphatic carbocycles. The van der Waals surface area contributed by atoms with Crippen LogP contribution in [0.25, 0.3) is 0 Å². The minimum Gasteiger partial charge on any atom is -0.349 e. The molecular weight excluding hydrogens is 286 g/mol. The number of benzene rings is 1. The summed E-state index contributed by atoms with van der Waals surface area (Å²) in [5.74, 6) is 0.569. The molecule has 1 aliphatic heterocycles. The number of amides is 1. The predicted molar refractivity (Wildman–Crippen MR) is 75.1 cm³/mol. The van der Waals surface area contributed by atoms with Gasteiger partial charge in [0.25, 0.3) is 5.91 Å². The Hall–Kier alpha value is -1.07. The van der Waals surface area contributed by atoms with Crippen molar-refractivity contribution in [1.29, 1.82) is 0 Å². The molecule has 0 saturated carbocycles. The van der Waals surface area contributed by atoms with Gasteiger partial charge >= 0.3 is 0 Å². The van der Waals surface area contributed by atoms with Crippen LogP contribution in [-0.2, 0) is 15.7 Å². The Labute approximate surface area is 118 Å². The van der Waals surface area contributed by atoms with Crippen molar-refractivity contribution in [3.8, 4) is 0 Å². The lowest BCUT2D eigenvalue weighted by Gasteiger charge is -2.23. The standard InChI is InChI=1S/C13H16ClNO3S/c14-9-10-1-3-11(4-2-10)13(16)15-12-5-7-19(17,18)8-6-12/h1-4,12H,5-9H2,(H,15,16). The van der Waals surface area contributed by atoms with Gasteiger partial charge in [0.1, 0.15) is 9.84 Å². The molecular formula is C13H16ClNO3S. The highest BCUT2D eigenvalue weighted by Crippen LogP contribution is 2.13. The second-order valence-electron chi connectivity index (χ2n) is 4.73. The van der Waals surface area contributed by atoms with Crippen LogP contribution in [0.1, 0.15) is 28.8 Å². The first-order valence-electron chi connectivity index (χ1n) is 6.16. The number of hydrogen-bond donors (Lipinski definition) is 1. The fraction of sp³-hybridized carbons (Fsp3) is 0.462. The molecule has 0 aromatic heterocycles. The van der Waals surface area contributed by atoms with Crippen LogP contribution in [-0.4, -0.2) is 31.9 Å². The Morgan fingerprint density at radius 1 is 1.21 bits per heavy atom. The third kappa shape index (κ3) is 3.94. The summed E-state index contributed by atoms with van der Waals surface area (Å²) >= 11 is 5.68. The number of carbonyl (C=O) groups is 1. The lowest BCUT2D eigenvalue weighted by Crippen LogP contribution is -2.40. The lowest BCUT2D eigenvalue weighted by atomic mass is 10.1. The van der Waals surface area contributed by atoms with Crippen molar-refractivity contribution in [2.45, 2.75) is 24.8 Å². The normalized spacial score (nSPS) is 19.0. The summed E-state index contributed by atoms with van der Waals surface area (Å²) in [5.41, 5.74) is 1.53. The molecule has 1 amide bonds. The molecule has 1 aromatic carbocycles. The van der Waals surface area contributed by atoms with Crippen LogP contribution in [0.2, 0.25) is 0 Å². The van der Waals surface area contributed by atoms with Crippen LogP contribution in [0.4, 0.5) is 0 Å².